The molecule has 3 aromatic rings. The summed E-state index contributed by atoms with van der Waals surface area (Å²) >= 11 is 0. The second-order valence-electron chi connectivity index (χ2n) is 8.99. The maximum Gasteiger partial charge on any atom is 0.261 e. The molecule has 1 N–H and O–H groups in total. The van der Waals surface area contributed by atoms with Crippen LogP contribution in [0.2, 0.25) is 0 Å². The van der Waals surface area contributed by atoms with Crippen molar-refractivity contribution < 1.29 is 8.42 Å². The number of piperazine rings is 1. The first-order valence-corrected chi connectivity index (χ1v) is 12.5. The smallest absolute Gasteiger partial charge is 0.261 e. The highest BCUT2D eigenvalue weighted by Crippen LogP contribution is 2.41. The number of fused-ring (bicyclic) bond motifs is 2. The third-order valence-electron chi connectivity index (χ3n) is 6.76. The topological polar surface area (TPSA) is 52.7 Å². The quantitative estimate of drug-likeness (QED) is 0.670. The van der Waals surface area contributed by atoms with Crippen molar-refractivity contribution in [2.75, 3.05) is 37.9 Å². The number of nitrogens with zero attached hydrogens (tertiary/aromatic N) is 2. The normalized spacial score (nSPS) is 22.5. The Morgan fingerprint density at radius 3 is 2.42 bits per heavy atom. The average molecular weight is 436 g/mol. The van der Waals surface area contributed by atoms with Gasteiger partial charge in [0.25, 0.3) is 10.0 Å². The third-order valence-corrected chi connectivity index (χ3v) is 8.14. The molecule has 2 unspecified atom stereocenters. The van der Waals surface area contributed by atoms with Crippen molar-refractivity contribution in [1.82, 2.24) is 9.80 Å². The largest absolute Gasteiger partial charge is 0.304 e. The Balaban J connectivity index is 1.42. The number of hydrogen-bond acceptors (Lipinski definition) is 4. The summed E-state index contributed by atoms with van der Waals surface area (Å²) in [7, 11) is -1.49. The Morgan fingerprint density at radius 1 is 0.903 bits per heavy atom. The van der Waals surface area contributed by atoms with Crippen LogP contribution in [0.4, 0.5) is 5.69 Å². The van der Waals surface area contributed by atoms with Crippen LogP contribution in [-0.2, 0) is 16.4 Å². The zero-order chi connectivity index (χ0) is 21.6. The molecule has 1 aliphatic carbocycles. The number of likely N-dealkylation sites (N-methyl/N-ethyl adjacent to an activating group) is 1. The van der Waals surface area contributed by atoms with Crippen molar-refractivity contribution in [3.05, 3.63) is 71.8 Å². The molecule has 1 saturated heterocycles. The second-order valence-corrected chi connectivity index (χ2v) is 10.7. The molecule has 0 saturated carbocycles. The van der Waals surface area contributed by atoms with E-state index in [4.69, 9.17) is 0 Å². The lowest BCUT2D eigenvalue weighted by Crippen LogP contribution is -2.46. The van der Waals surface area contributed by atoms with E-state index in [2.05, 4.69) is 40.6 Å². The van der Waals surface area contributed by atoms with E-state index >= 15 is 0 Å². The number of nitrogens with one attached hydrogen (secondary N) is 1. The van der Waals surface area contributed by atoms with Crippen LogP contribution in [0.5, 0.6) is 0 Å². The first-order valence-electron chi connectivity index (χ1n) is 11.0. The highest BCUT2D eigenvalue weighted by atomic mass is 32.2. The zero-order valence-electron chi connectivity index (χ0n) is 18.1. The monoisotopic (exact) mass is 435 g/mol. The van der Waals surface area contributed by atoms with Crippen LogP contribution >= 0.6 is 0 Å². The molecule has 0 amide bonds. The molecule has 2 atom stereocenters. The maximum absolute atomic E-state index is 13.1. The van der Waals surface area contributed by atoms with Gasteiger partial charge in [-0.2, -0.15) is 0 Å². The van der Waals surface area contributed by atoms with Gasteiger partial charge in [-0.1, -0.05) is 43.3 Å². The molecule has 0 aromatic heterocycles. The first-order chi connectivity index (χ1) is 14.9. The van der Waals surface area contributed by atoms with Gasteiger partial charge in [0.15, 0.2) is 0 Å². The highest BCUT2D eigenvalue weighted by Gasteiger charge is 2.35. The number of rotatable bonds is 4. The molecule has 0 spiro atoms. The van der Waals surface area contributed by atoms with Gasteiger partial charge in [-0.15, -0.1) is 0 Å². The van der Waals surface area contributed by atoms with Gasteiger partial charge in [0, 0.05) is 37.9 Å². The van der Waals surface area contributed by atoms with Gasteiger partial charge >= 0.3 is 0 Å². The molecular formula is C25H29N3O2S. The minimum Gasteiger partial charge on any atom is -0.304 e. The molecule has 0 radical (unpaired) electrons. The summed E-state index contributed by atoms with van der Waals surface area (Å²) < 4.78 is 29.0. The number of anilines is 1. The number of sulfonamides is 1. The summed E-state index contributed by atoms with van der Waals surface area (Å²) in [6.07, 6.45) is 1.05. The van der Waals surface area contributed by atoms with Gasteiger partial charge in [-0.25, -0.2) is 8.42 Å². The van der Waals surface area contributed by atoms with E-state index in [1.165, 1.54) is 11.1 Å². The Bertz CT molecular complexity index is 1220. The molecule has 162 valence electrons. The lowest BCUT2D eigenvalue weighted by atomic mass is 10.00. The lowest BCUT2D eigenvalue weighted by molar-refractivity contribution is 0.0912. The standard InChI is InChI=1S/C25H29N3O2S/c1-18-15-21-7-9-22(17-24(21)25(18)28-13-11-27(2)12-14-28)26-31(29,30)23-10-8-19-5-3-4-6-20(19)16-23/h3-10,16-18,25-26H,11-15H2,1-2H3. The summed E-state index contributed by atoms with van der Waals surface area (Å²) in [5.74, 6) is 0.533. The summed E-state index contributed by atoms with van der Waals surface area (Å²) in [6.45, 7) is 6.57. The van der Waals surface area contributed by atoms with Gasteiger partial charge < -0.3 is 4.90 Å². The van der Waals surface area contributed by atoms with Crippen molar-refractivity contribution in [3.8, 4) is 0 Å². The Hall–Kier alpha value is -2.41. The molecule has 31 heavy (non-hydrogen) atoms. The zero-order valence-corrected chi connectivity index (χ0v) is 18.9. The summed E-state index contributed by atoms with van der Waals surface area (Å²) in [5, 5.41) is 1.95. The van der Waals surface area contributed by atoms with Gasteiger partial charge in [0.1, 0.15) is 0 Å². The SMILES string of the molecule is CC1Cc2ccc(NS(=O)(=O)c3ccc4ccccc4c3)cc2C1N1CCN(C)CC1. The molecular weight excluding hydrogens is 406 g/mol. The van der Waals surface area contributed by atoms with E-state index in [1.807, 2.05) is 36.4 Å². The predicted molar refractivity (Wildman–Crippen MR) is 126 cm³/mol. The Labute approximate surface area is 184 Å². The molecule has 0 bridgehead atoms. The molecule has 5 nitrogen and oxygen atoms in total. The average Bonchev–Trinajstić information content (AvgIpc) is 3.09. The van der Waals surface area contributed by atoms with E-state index in [-0.39, 0.29) is 4.90 Å². The predicted octanol–water partition coefficient (Wildman–Crippen LogP) is 4.12. The molecule has 1 aliphatic heterocycles. The highest BCUT2D eigenvalue weighted by molar-refractivity contribution is 7.92. The van der Waals surface area contributed by atoms with Crippen molar-refractivity contribution in [3.63, 3.8) is 0 Å². The second kappa shape index (κ2) is 7.93. The van der Waals surface area contributed by atoms with Gasteiger partial charge in [-0.3, -0.25) is 9.62 Å². The molecule has 6 heteroatoms. The van der Waals surface area contributed by atoms with Gasteiger partial charge in [0.05, 0.1) is 4.90 Å². The fraction of sp³-hybridized carbons (Fsp3) is 0.360. The third kappa shape index (κ3) is 3.95. The van der Waals surface area contributed by atoms with Crippen LogP contribution in [0.1, 0.15) is 24.1 Å². The van der Waals surface area contributed by atoms with Crippen molar-refractivity contribution in [2.24, 2.45) is 5.92 Å². The van der Waals surface area contributed by atoms with Crippen molar-refractivity contribution in [2.45, 2.75) is 24.3 Å². The molecule has 5 rings (SSSR count). The van der Waals surface area contributed by atoms with Crippen LogP contribution in [0.15, 0.2) is 65.6 Å². The first kappa shape index (κ1) is 20.5. The summed E-state index contributed by atoms with van der Waals surface area (Å²) in [4.78, 5) is 5.22. The fourth-order valence-corrected chi connectivity index (χ4v) is 6.17. The Morgan fingerprint density at radius 2 is 1.65 bits per heavy atom. The Kier molecular flexibility index (Phi) is 5.24. The van der Waals surface area contributed by atoms with Crippen LogP contribution in [0, 0.1) is 5.92 Å². The summed E-state index contributed by atoms with van der Waals surface area (Å²) in [5.41, 5.74) is 3.25. The van der Waals surface area contributed by atoms with Crippen molar-refractivity contribution >= 4 is 26.5 Å². The molecule has 3 aromatic carbocycles. The minimum absolute atomic E-state index is 0.288. The van der Waals surface area contributed by atoms with Crippen LogP contribution < -0.4 is 4.72 Å². The lowest BCUT2D eigenvalue weighted by Gasteiger charge is -2.38. The van der Waals surface area contributed by atoms with Gasteiger partial charge in [-0.05, 0) is 65.6 Å². The van der Waals surface area contributed by atoms with E-state index in [0.717, 1.165) is 43.4 Å². The van der Waals surface area contributed by atoms with E-state index in [9.17, 15) is 8.42 Å². The van der Waals surface area contributed by atoms with E-state index in [0.29, 0.717) is 17.6 Å². The van der Waals surface area contributed by atoms with Crippen LogP contribution in [0.25, 0.3) is 10.8 Å². The van der Waals surface area contributed by atoms with E-state index < -0.39 is 10.0 Å². The van der Waals surface area contributed by atoms with Gasteiger partial charge in [0.2, 0.25) is 0 Å². The summed E-state index contributed by atoms with van der Waals surface area (Å²) in [6, 6.07) is 19.5. The number of benzene rings is 3. The fourth-order valence-electron chi connectivity index (χ4n) is 5.09. The van der Waals surface area contributed by atoms with Crippen molar-refractivity contribution in [1.29, 1.82) is 0 Å². The number of hydrogen-bond donors (Lipinski definition) is 1. The maximum atomic E-state index is 13.1. The molecule has 2 aliphatic rings. The van der Waals surface area contributed by atoms with Crippen LogP contribution in [-0.4, -0.2) is 51.4 Å². The van der Waals surface area contributed by atoms with Crippen LogP contribution in [0.3, 0.4) is 0 Å². The van der Waals surface area contributed by atoms with E-state index in [1.54, 1.807) is 12.1 Å². The molecule has 1 fully saturated rings. The molecule has 1 heterocycles. The minimum atomic E-state index is -3.66.